The molecular formula is C12H11Cl2NO4S. The molecule has 0 aliphatic carbocycles. The lowest BCUT2D eigenvalue weighted by molar-refractivity contribution is 0.181. The molecule has 0 bridgehead atoms. The molecule has 0 aliphatic heterocycles. The Morgan fingerprint density at radius 2 is 2.05 bits per heavy atom. The number of aliphatic hydroxyl groups excluding tert-OH is 1. The predicted octanol–water partition coefficient (Wildman–Crippen LogP) is 2.60. The topological polar surface area (TPSA) is 79.5 Å². The Labute approximate surface area is 126 Å². The van der Waals surface area contributed by atoms with Gasteiger partial charge in [0.15, 0.2) is 0 Å². The molecule has 0 saturated heterocycles. The summed E-state index contributed by atoms with van der Waals surface area (Å²) in [6.45, 7) is -0.204. The SMILES string of the molecule is O=S(=O)(NCC(O)c1ccoc1)c1cc(Cl)ccc1Cl. The molecule has 2 aromatic rings. The van der Waals surface area contributed by atoms with Crippen molar-refractivity contribution >= 4 is 33.2 Å². The van der Waals surface area contributed by atoms with Crippen LogP contribution in [0.5, 0.6) is 0 Å². The number of sulfonamides is 1. The van der Waals surface area contributed by atoms with Crippen LogP contribution in [0.25, 0.3) is 0 Å². The third-order valence-corrected chi connectivity index (χ3v) is 4.72. The predicted molar refractivity (Wildman–Crippen MR) is 75.3 cm³/mol. The lowest BCUT2D eigenvalue weighted by Crippen LogP contribution is -2.28. The lowest BCUT2D eigenvalue weighted by Gasteiger charge is -2.12. The average Bonchev–Trinajstić information content (AvgIpc) is 2.93. The van der Waals surface area contributed by atoms with Crippen LogP contribution in [0.4, 0.5) is 0 Å². The number of benzene rings is 1. The largest absolute Gasteiger partial charge is 0.472 e. The third kappa shape index (κ3) is 3.53. The smallest absolute Gasteiger partial charge is 0.242 e. The van der Waals surface area contributed by atoms with Gasteiger partial charge in [0.2, 0.25) is 10.0 Å². The van der Waals surface area contributed by atoms with Gasteiger partial charge < -0.3 is 9.52 Å². The second-order valence-corrected chi connectivity index (χ2v) is 6.58. The molecule has 0 spiro atoms. The van der Waals surface area contributed by atoms with Crippen LogP contribution >= 0.6 is 23.2 Å². The van der Waals surface area contributed by atoms with Gasteiger partial charge in [-0.15, -0.1) is 0 Å². The molecular weight excluding hydrogens is 325 g/mol. The summed E-state index contributed by atoms with van der Waals surface area (Å²) in [7, 11) is -3.86. The zero-order valence-electron chi connectivity index (χ0n) is 10.1. The fourth-order valence-electron chi connectivity index (χ4n) is 1.53. The summed E-state index contributed by atoms with van der Waals surface area (Å²) in [6.07, 6.45) is 1.72. The molecule has 1 aromatic carbocycles. The lowest BCUT2D eigenvalue weighted by atomic mass is 10.2. The first-order valence-electron chi connectivity index (χ1n) is 5.55. The van der Waals surface area contributed by atoms with E-state index in [1.165, 1.54) is 30.7 Å². The van der Waals surface area contributed by atoms with Crippen LogP contribution in [0.1, 0.15) is 11.7 Å². The highest BCUT2D eigenvalue weighted by Gasteiger charge is 2.20. The van der Waals surface area contributed by atoms with Gasteiger partial charge in [-0.25, -0.2) is 13.1 Å². The Kier molecular flexibility index (Phi) is 4.72. The molecule has 2 N–H and O–H groups in total. The van der Waals surface area contributed by atoms with Gasteiger partial charge in [-0.3, -0.25) is 0 Å². The summed E-state index contributed by atoms with van der Waals surface area (Å²) in [4.78, 5) is -0.133. The minimum atomic E-state index is -3.86. The Morgan fingerprint density at radius 3 is 2.70 bits per heavy atom. The maximum atomic E-state index is 12.1. The normalized spacial score (nSPS) is 13.3. The van der Waals surface area contributed by atoms with Gasteiger partial charge in [0.05, 0.1) is 23.7 Å². The highest BCUT2D eigenvalue weighted by atomic mass is 35.5. The van der Waals surface area contributed by atoms with Gasteiger partial charge in [-0.05, 0) is 24.3 Å². The van der Waals surface area contributed by atoms with Crippen molar-refractivity contribution in [3.63, 3.8) is 0 Å². The summed E-state index contributed by atoms with van der Waals surface area (Å²) in [5, 5.41) is 10.1. The molecule has 0 radical (unpaired) electrons. The number of halogens is 2. The molecule has 1 aromatic heterocycles. The second kappa shape index (κ2) is 6.15. The van der Waals surface area contributed by atoms with E-state index in [0.29, 0.717) is 5.56 Å². The second-order valence-electron chi connectivity index (χ2n) is 4.00. The number of rotatable bonds is 5. The molecule has 2 rings (SSSR count). The molecule has 1 unspecified atom stereocenters. The summed E-state index contributed by atoms with van der Waals surface area (Å²) in [5.41, 5.74) is 0.477. The molecule has 0 saturated carbocycles. The maximum absolute atomic E-state index is 12.1. The fraction of sp³-hybridized carbons (Fsp3) is 0.167. The Hall–Kier alpha value is -1.05. The zero-order valence-corrected chi connectivity index (χ0v) is 12.4. The van der Waals surface area contributed by atoms with E-state index < -0.39 is 16.1 Å². The van der Waals surface area contributed by atoms with Crippen molar-refractivity contribution in [2.45, 2.75) is 11.0 Å². The van der Waals surface area contributed by atoms with E-state index in [1.54, 1.807) is 6.07 Å². The van der Waals surface area contributed by atoms with Crippen molar-refractivity contribution in [2.75, 3.05) is 6.54 Å². The zero-order chi connectivity index (χ0) is 14.8. The monoisotopic (exact) mass is 335 g/mol. The van der Waals surface area contributed by atoms with E-state index in [2.05, 4.69) is 4.72 Å². The van der Waals surface area contributed by atoms with Crippen LogP contribution in [0.15, 0.2) is 46.1 Å². The van der Waals surface area contributed by atoms with Gasteiger partial charge in [-0.2, -0.15) is 0 Å². The first kappa shape index (κ1) is 15.3. The molecule has 5 nitrogen and oxygen atoms in total. The molecule has 20 heavy (non-hydrogen) atoms. The van der Waals surface area contributed by atoms with Gasteiger partial charge in [0.1, 0.15) is 4.90 Å². The van der Waals surface area contributed by atoms with Crippen LogP contribution in [0.2, 0.25) is 10.0 Å². The van der Waals surface area contributed by atoms with Crippen LogP contribution in [0.3, 0.4) is 0 Å². The van der Waals surface area contributed by atoms with Crippen molar-refractivity contribution in [3.8, 4) is 0 Å². The number of aliphatic hydroxyl groups is 1. The van der Waals surface area contributed by atoms with E-state index in [-0.39, 0.29) is 21.5 Å². The number of furan rings is 1. The maximum Gasteiger partial charge on any atom is 0.242 e. The standard InChI is InChI=1S/C12H11Cl2NO4S/c13-9-1-2-10(14)12(5-9)20(17,18)15-6-11(16)8-3-4-19-7-8/h1-5,7,11,15-16H,6H2. The summed E-state index contributed by atoms with van der Waals surface area (Å²) >= 11 is 11.6. The van der Waals surface area contributed by atoms with Crippen LogP contribution < -0.4 is 4.72 Å². The van der Waals surface area contributed by atoms with Crippen molar-refractivity contribution in [1.82, 2.24) is 4.72 Å². The van der Waals surface area contributed by atoms with Gasteiger partial charge >= 0.3 is 0 Å². The molecule has 0 amide bonds. The van der Waals surface area contributed by atoms with E-state index in [1.807, 2.05) is 0 Å². The Morgan fingerprint density at radius 1 is 1.30 bits per heavy atom. The minimum Gasteiger partial charge on any atom is -0.472 e. The van der Waals surface area contributed by atoms with E-state index >= 15 is 0 Å². The van der Waals surface area contributed by atoms with Crippen molar-refractivity contribution in [3.05, 3.63) is 52.4 Å². The third-order valence-electron chi connectivity index (χ3n) is 2.58. The van der Waals surface area contributed by atoms with E-state index in [0.717, 1.165) is 0 Å². The van der Waals surface area contributed by atoms with E-state index in [4.69, 9.17) is 27.6 Å². The first-order valence-corrected chi connectivity index (χ1v) is 7.79. The highest BCUT2D eigenvalue weighted by molar-refractivity contribution is 7.89. The summed E-state index contributed by atoms with van der Waals surface area (Å²) in [6, 6.07) is 5.68. The van der Waals surface area contributed by atoms with Gasteiger partial charge in [0, 0.05) is 17.1 Å². The molecule has 8 heteroatoms. The Bertz CT molecular complexity index is 685. The van der Waals surface area contributed by atoms with Crippen molar-refractivity contribution < 1.29 is 17.9 Å². The molecule has 1 atom stereocenters. The quantitative estimate of drug-likeness (QED) is 0.880. The molecule has 0 fully saturated rings. The van der Waals surface area contributed by atoms with E-state index in [9.17, 15) is 13.5 Å². The summed E-state index contributed by atoms with van der Waals surface area (Å²) in [5.74, 6) is 0. The van der Waals surface area contributed by atoms with Crippen molar-refractivity contribution in [1.29, 1.82) is 0 Å². The summed E-state index contributed by atoms with van der Waals surface area (Å²) < 4.78 is 31.3. The van der Waals surface area contributed by atoms with Crippen LogP contribution in [-0.4, -0.2) is 20.1 Å². The van der Waals surface area contributed by atoms with Gasteiger partial charge in [0.25, 0.3) is 0 Å². The minimum absolute atomic E-state index is 0.0553. The number of nitrogens with one attached hydrogen (secondary N) is 1. The molecule has 108 valence electrons. The number of hydrogen-bond donors (Lipinski definition) is 2. The fourth-order valence-corrected chi connectivity index (χ4v) is 3.33. The first-order chi connectivity index (χ1) is 9.40. The van der Waals surface area contributed by atoms with Crippen molar-refractivity contribution in [2.24, 2.45) is 0 Å². The van der Waals surface area contributed by atoms with Crippen LogP contribution in [0, 0.1) is 0 Å². The molecule has 1 heterocycles. The molecule has 0 aliphatic rings. The Balaban J connectivity index is 2.13. The highest BCUT2D eigenvalue weighted by Crippen LogP contribution is 2.25. The van der Waals surface area contributed by atoms with Gasteiger partial charge in [-0.1, -0.05) is 23.2 Å². The average molecular weight is 336 g/mol. The number of hydrogen-bond acceptors (Lipinski definition) is 4. The van der Waals surface area contributed by atoms with Crippen LogP contribution in [-0.2, 0) is 10.0 Å².